The Kier molecular flexibility index (Phi) is 6.53. The van der Waals surface area contributed by atoms with Gasteiger partial charge in [-0.3, -0.25) is 9.69 Å². The van der Waals surface area contributed by atoms with Gasteiger partial charge in [-0.05, 0) is 0 Å². The average Bonchev–Trinajstić information content (AvgIpc) is 2.80. The van der Waals surface area contributed by atoms with Crippen molar-refractivity contribution in [3.63, 3.8) is 0 Å². The Morgan fingerprint density at radius 2 is 1.76 bits per heavy atom. The molecular formula is C21H28N6O2. The van der Waals surface area contributed by atoms with Gasteiger partial charge in [0.25, 0.3) is 0 Å². The standard InChI is InChI=1S/C21H28N6O2/c28-17-26-8-10-27(11-9-26)20-16-19(18-4-2-1-3-5-18)23-21(24-20)22-6-7-25-12-14-29-15-13-25/h1-5,16-17H,6-15H2,(H,22,23,24). The maximum absolute atomic E-state index is 11.0. The summed E-state index contributed by atoms with van der Waals surface area (Å²) in [5.74, 6) is 1.55. The normalized spacial score (nSPS) is 17.9. The summed E-state index contributed by atoms with van der Waals surface area (Å²) in [7, 11) is 0. The first-order valence-corrected chi connectivity index (χ1v) is 10.2. The lowest BCUT2D eigenvalue weighted by Gasteiger charge is -2.33. The van der Waals surface area contributed by atoms with Crippen molar-refractivity contribution >= 4 is 18.2 Å². The molecule has 2 saturated heterocycles. The molecule has 2 aliphatic rings. The molecule has 0 atom stereocenters. The van der Waals surface area contributed by atoms with E-state index in [1.54, 1.807) is 4.90 Å². The summed E-state index contributed by atoms with van der Waals surface area (Å²) in [6.45, 7) is 8.26. The van der Waals surface area contributed by atoms with Crippen molar-refractivity contribution in [2.24, 2.45) is 0 Å². The molecule has 0 unspecified atom stereocenters. The summed E-state index contributed by atoms with van der Waals surface area (Å²) in [5.41, 5.74) is 1.97. The molecule has 29 heavy (non-hydrogen) atoms. The third kappa shape index (κ3) is 5.21. The van der Waals surface area contributed by atoms with E-state index in [4.69, 9.17) is 14.7 Å². The van der Waals surface area contributed by atoms with Crippen molar-refractivity contribution in [3.05, 3.63) is 36.4 Å². The van der Waals surface area contributed by atoms with Crippen LogP contribution in [-0.2, 0) is 9.53 Å². The van der Waals surface area contributed by atoms with Crippen LogP contribution in [0.5, 0.6) is 0 Å². The van der Waals surface area contributed by atoms with Gasteiger partial charge in [-0.25, -0.2) is 4.98 Å². The fraction of sp³-hybridized carbons (Fsp3) is 0.476. The molecule has 8 heteroatoms. The molecule has 154 valence electrons. The van der Waals surface area contributed by atoms with Gasteiger partial charge in [-0.1, -0.05) is 30.3 Å². The lowest BCUT2D eigenvalue weighted by molar-refractivity contribution is -0.118. The molecule has 0 saturated carbocycles. The molecule has 0 aliphatic carbocycles. The molecule has 4 rings (SSSR count). The van der Waals surface area contributed by atoms with Crippen LogP contribution < -0.4 is 10.2 Å². The topological polar surface area (TPSA) is 73.8 Å². The second-order valence-corrected chi connectivity index (χ2v) is 7.31. The smallest absolute Gasteiger partial charge is 0.225 e. The number of aromatic nitrogens is 2. The van der Waals surface area contributed by atoms with Crippen LogP contribution in [0.15, 0.2) is 36.4 Å². The predicted octanol–water partition coefficient (Wildman–Crippen LogP) is 1.17. The molecule has 0 bridgehead atoms. The maximum Gasteiger partial charge on any atom is 0.225 e. The van der Waals surface area contributed by atoms with Crippen LogP contribution in [0.1, 0.15) is 0 Å². The van der Waals surface area contributed by atoms with E-state index < -0.39 is 0 Å². The summed E-state index contributed by atoms with van der Waals surface area (Å²) >= 11 is 0. The average molecular weight is 396 g/mol. The number of amides is 1. The van der Waals surface area contributed by atoms with E-state index in [-0.39, 0.29) is 0 Å². The van der Waals surface area contributed by atoms with Gasteiger partial charge in [-0.15, -0.1) is 0 Å². The zero-order chi connectivity index (χ0) is 19.9. The van der Waals surface area contributed by atoms with Crippen molar-refractivity contribution in [1.29, 1.82) is 0 Å². The minimum Gasteiger partial charge on any atom is -0.379 e. The number of nitrogens with zero attached hydrogens (tertiary/aromatic N) is 5. The van der Waals surface area contributed by atoms with E-state index in [0.717, 1.165) is 76.0 Å². The minimum absolute atomic E-state index is 0.646. The first-order valence-electron chi connectivity index (χ1n) is 10.2. The molecule has 3 heterocycles. The van der Waals surface area contributed by atoms with Crippen molar-refractivity contribution in [3.8, 4) is 11.3 Å². The third-order valence-electron chi connectivity index (χ3n) is 5.38. The highest BCUT2D eigenvalue weighted by atomic mass is 16.5. The van der Waals surface area contributed by atoms with Gasteiger partial charge in [0.2, 0.25) is 12.4 Å². The van der Waals surface area contributed by atoms with Crippen LogP contribution in [0.4, 0.5) is 11.8 Å². The Bertz CT molecular complexity index is 789. The maximum atomic E-state index is 11.0. The molecule has 1 aromatic heterocycles. The quantitative estimate of drug-likeness (QED) is 0.704. The van der Waals surface area contributed by atoms with E-state index in [9.17, 15) is 4.79 Å². The third-order valence-corrected chi connectivity index (χ3v) is 5.38. The number of carbonyl (C=O) groups is 1. The SMILES string of the molecule is O=CN1CCN(c2cc(-c3ccccc3)nc(NCCN3CCOCC3)n2)CC1. The Hall–Kier alpha value is -2.71. The zero-order valence-corrected chi connectivity index (χ0v) is 16.7. The lowest BCUT2D eigenvalue weighted by atomic mass is 10.1. The molecular weight excluding hydrogens is 368 g/mol. The number of hydrogen-bond donors (Lipinski definition) is 1. The van der Waals surface area contributed by atoms with Crippen molar-refractivity contribution in [2.45, 2.75) is 0 Å². The van der Waals surface area contributed by atoms with E-state index in [2.05, 4.69) is 27.2 Å². The molecule has 1 aromatic carbocycles. The van der Waals surface area contributed by atoms with Crippen molar-refractivity contribution in [2.75, 3.05) is 75.8 Å². The van der Waals surface area contributed by atoms with Crippen LogP contribution in [0, 0.1) is 0 Å². The fourth-order valence-electron chi connectivity index (χ4n) is 3.64. The number of hydrogen-bond acceptors (Lipinski definition) is 7. The van der Waals surface area contributed by atoms with Gasteiger partial charge in [0.15, 0.2) is 0 Å². The number of benzene rings is 1. The summed E-state index contributed by atoms with van der Waals surface area (Å²) in [5, 5.41) is 3.40. The van der Waals surface area contributed by atoms with E-state index in [0.29, 0.717) is 19.0 Å². The summed E-state index contributed by atoms with van der Waals surface area (Å²) in [6.07, 6.45) is 0.922. The number of rotatable bonds is 7. The van der Waals surface area contributed by atoms with Gasteiger partial charge in [0, 0.05) is 64.0 Å². The van der Waals surface area contributed by atoms with E-state index >= 15 is 0 Å². The zero-order valence-electron chi connectivity index (χ0n) is 16.7. The van der Waals surface area contributed by atoms with Gasteiger partial charge >= 0.3 is 0 Å². The Labute approximate surface area is 171 Å². The largest absolute Gasteiger partial charge is 0.379 e. The van der Waals surface area contributed by atoms with Crippen LogP contribution in [0.25, 0.3) is 11.3 Å². The van der Waals surface area contributed by atoms with Crippen molar-refractivity contribution < 1.29 is 9.53 Å². The molecule has 0 radical (unpaired) electrons. The van der Waals surface area contributed by atoms with Gasteiger partial charge in [-0.2, -0.15) is 4.98 Å². The number of anilines is 2. The number of nitrogens with one attached hydrogen (secondary N) is 1. The lowest BCUT2D eigenvalue weighted by Crippen LogP contribution is -2.46. The summed E-state index contributed by atoms with van der Waals surface area (Å²) in [6, 6.07) is 12.2. The molecule has 2 aromatic rings. The van der Waals surface area contributed by atoms with Crippen LogP contribution in [-0.4, -0.2) is 91.7 Å². The molecule has 2 aliphatic heterocycles. The number of carbonyl (C=O) groups excluding carboxylic acids is 1. The Morgan fingerprint density at radius 1 is 1.00 bits per heavy atom. The Morgan fingerprint density at radius 3 is 2.48 bits per heavy atom. The van der Waals surface area contributed by atoms with E-state index in [1.807, 2.05) is 24.3 Å². The van der Waals surface area contributed by atoms with Crippen molar-refractivity contribution in [1.82, 2.24) is 19.8 Å². The number of ether oxygens (including phenoxy) is 1. The van der Waals surface area contributed by atoms with Crippen LogP contribution >= 0.6 is 0 Å². The molecule has 2 fully saturated rings. The highest BCUT2D eigenvalue weighted by Gasteiger charge is 2.19. The minimum atomic E-state index is 0.646. The highest BCUT2D eigenvalue weighted by Crippen LogP contribution is 2.24. The second kappa shape index (κ2) is 9.67. The molecule has 0 spiro atoms. The fourth-order valence-corrected chi connectivity index (χ4v) is 3.64. The number of morpholine rings is 1. The van der Waals surface area contributed by atoms with E-state index in [1.165, 1.54) is 0 Å². The van der Waals surface area contributed by atoms with Gasteiger partial charge < -0.3 is 19.9 Å². The summed E-state index contributed by atoms with van der Waals surface area (Å²) in [4.78, 5) is 26.9. The molecule has 8 nitrogen and oxygen atoms in total. The first kappa shape index (κ1) is 19.6. The predicted molar refractivity (Wildman–Crippen MR) is 113 cm³/mol. The first-order chi connectivity index (χ1) is 14.3. The Balaban J connectivity index is 1.49. The monoisotopic (exact) mass is 396 g/mol. The van der Waals surface area contributed by atoms with Crippen LogP contribution in [0.2, 0.25) is 0 Å². The molecule has 1 amide bonds. The number of piperazine rings is 1. The highest BCUT2D eigenvalue weighted by molar-refractivity contribution is 5.65. The van der Waals surface area contributed by atoms with Gasteiger partial charge in [0.1, 0.15) is 5.82 Å². The molecule has 1 N–H and O–H groups in total. The van der Waals surface area contributed by atoms with Crippen LogP contribution in [0.3, 0.4) is 0 Å². The summed E-state index contributed by atoms with van der Waals surface area (Å²) < 4.78 is 5.41. The van der Waals surface area contributed by atoms with Gasteiger partial charge in [0.05, 0.1) is 18.9 Å². The second-order valence-electron chi connectivity index (χ2n) is 7.31.